The van der Waals surface area contributed by atoms with Crippen molar-refractivity contribution < 1.29 is 4.79 Å². The van der Waals surface area contributed by atoms with Crippen molar-refractivity contribution in [3.05, 3.63) is 33.8 Å². The van der Waals surface area contributed by atoms with Crippen molar-refractivity contribution in [2.75, 3.05) is 0 Å². The summed E-state index contributed by atoms with van der Waals surface area (Å²) in [6.07, 6.45) is 4.16. The second-order valence-corrected chi connectivity index (χ2v) is 8.09. The van der Waals surface area contributed by atoms with Gasteiger partial charge in [-0.05, 0) is 42.9 Å². The van der Waals surface area contributed by atoms with Crippen molar-refractivity contribution in [3.8, 4) is 0 Å². The Morgan fingerprint density at radius 3 is 2.80 bits per heavy atom. The molecule has 4 heteroatoms. The summed E-state index contributed by atoms with van der Waals surface area (Å²) in [5.41, 5.74) is 1.18. The van der Waals surface area contributed by atoms with Crippen molar-refractivity contribution in [2.45, 2.75) is 49.0 Å². The highest BCUT2D eigenvalue weighted by molar-refractivity contribution is 8.00. The Labute approximate surface area is 134 Å². The summed E-state index contributed by atoms with van der Waals surface area (Å²) in [5, 5.41) is 2.39. The van der Waals surface area contributed by atoms with Crippen LogP contribution in [0.1, 0.15) is 44.1 Å². The van der Waals surface area contributed by atoms with E-state index in [9.17, 15) is 4.79 Å². The monoisotopic (exact) mass is 328 g/mol. The molecule has 1 aromatic rings. The maximum Gasteiger partial charge on any atom is 0.137 e. The number of carbonyl (C=O) groups excluding carboxylic acids is 1. The zero-order valence-electron chi connectivity index (χ0n) is 11.4. The molecule has 1 nitrogen and oxygen atoms in total. The molecule has 4 atom stereocenters. The number of carbonyl (C=O) groups is 1. The van der Waals surface area contributed by atoms with Crippen LogP contribution in [0.15, 0.2) is 18.2 Å². The molecule has 2 aliphatic heterocycles. The maximum absolute atomic E-state index is 12.4. The first-order valence-electron chi connectivity index (χ1n) is 7.23. The number of Topliss-reactive ketones (excluding diaryl/α,β-unsaturated/α-hetero) is 1. The molecule has 2 fully saturated rings. The van der Waals surface area contributed by atoms with Crippen LogP contribution in [-0.2, 0) is 4.79 Å². The van der Waals surface area contributed by atoms with Gasteiger partial charge < -0.3 is 0 Å². The van der Waals surface area contributed by atoms with Gasteiger partial charge in [0, 0.05) is 22.8 Å². The molecule has 0 radical (unpaired) electrons. The Kier molecular flexibility index (Phi) is 4.35. The standard InChI is InChI=1S/C16H18Cl2OS/c1-2-14(19)16-11(8-10-4-6-15(16)20-10)9-3-5-12(17)13(18)7-9/h3,5,7,10-11,15-16H,2,4,6,8H2,1H3/t10?,11-,15-,16+/m0/s1. The molecule has 2 saturated heterocycles. The molecule has 0 aliphatic carbocycles. The molecule has 2 bridgehead atoms. The van der Waals surface area contributed by atoms with Gasteiger partial charge in [-0.25, -0.2) is 0 Å². The first-order valence-corrected chi connectivity index (χ1v) is 8.93. The van der Waals surface area contributed by atoms with E-state index < -0.39 is 0 Å². The molecule has 20 heavy (non-hydrogen) atoms. The van der Waals surface area contributed by atoms with Crippen molar-refractivity contribution in [3.63, 3.8) is 0 Å². The molecule has 0 N–H and O–H groups in total. The zero-order valence-corrected chi connectivity index (χ0v) is 13.8. The van der Waals surface area contributed by atoms with Crippen LogP contribution in [-0.4, -0.2) is 16.3 Å². The van der Waals surface area contributed by atoms with E-state index in [1.54, 1.807) is 0 Å². The predicted molar refractivity (Wildman–Crippen MR) is 87.0 cm³/mol. The molecule has 1 aromatic carbocycles. The van der Waals surface area contributed by atoms with E-state index in [-0.39, 0.29) is 5.92 Å². The van der Waals surface area contributed by atoms with Crippen LogP contribution < -0.4 is 0 Å². The first-order chi connectivity index (χ1) is 9.60. The molecule has 0 saturated carbocycles. The lowest BCUT2D eigenvalue weighted by Gasteiger charge is -2.35. The summed E-state index contributed by atoms with van der Waals surface area (Å²) in [4.78, 5) is 12.4. The minimum absolute atomic E-state index is 0.154. The van der Waals surface area contributed by atoms with Gasteiger partial charge in [-0.3, -0.25) is 4.79 Å². The van der Waals surface area contributed by atoms with Crippen molar-refractivity contribution >= 4 is 40.7 Å². The molecule has 108 valence electrons. The van der Waals surface area contributed by atoms with Crippen LogP contribution >= 0.6 is 35.0 Å². The van der Waals surface area contributed by atoms with E-state index in [2.05, 4.69) is 0 Å². The molecule has 0 aromatic heterocycles. The fraction of sp³-hybridized carbons (Fsp3) is 0.562. The van der Waals surface area contributed by atoms with E-state index in [0.717, 1.165) is 6.42 Å². The predicted octanol–water partition coefficient (Wildman–Crippen LogP) is 5.34. The van der Waals surface area contributed by atoms with Crippen LogP contribution in [0, 0.1) is 5.92 Å². The summed E-state index contributed by atoms with van der Waals surface area (Å²) in [6, 6.07) is 5.86. The summed E-state index contributed by atoms with van der Waals surface area (Å²) >= 11 is 14.2. The highest BCUT2D eigenvalue weighted by Gasteiger charge is 2.45. The van der Waals surface area contributed by atoms with Gasteiger partial charge in [0.05, 0.1) is 10.0 Å². The van der Waals surface area contributed by atoms with Crippen molar-refractivity contribution in [1.82, 2.24) is 0 Å². The third kappa shape index (κ3) is 2.63. The number of ketones is 1. The van der Waals surface area contributed by atoms with Gasteiger partial charge in [-0.15, -0.1) is 0 Å². The van der Waals surface area contributed by atoms with Gasteiger partial charge in [0.15, 0.2) is 0 Å². The molecule has 0 amide bonds. The third-order valence-corrected chi connectivity index (χ3v) is 7.01. The summed E-state index contributed by atoms with van der Waals surface area (Å²) in [6.45, 7) is 1.97. The second kappa shape index (κ2) is 5.90. The number of halogens is 2. The van der Waals surface area contributed by atoms with Crippen LogP contribution in [0.3, 0.4) is 0 Å². The summed E-state index contributed by atoms with van der Waals surface area (Å²) in [5.74, 6) is 0.871. The van der Waals surface area contributed by atoms with E-state index in [1.165, 1.54) is 18.4 Å². The molecule has 2 aliphatic rings. The van der Waals surface area contributed by atoms with E-state index in [1.807, 2.05) is 36.9 Å². The second-order valence-electron chi connectivity index (χ2n) is 5.74. The van der Waals surface area contributed by atoms with Crippen LogP contribution in [0.2, 0.25) is 10.0 Å². The highest BCUT2D eigenvalue weighted by atomic mass is 35.5. The molecule has 1 unspecified atom stereocenters. The van der Waals surface area contributed by atoms with E-state index >= 15 is 0 Å². The Morgan fingerprint density at radius 2 is 2.10 bits per heavy atom. The number of fused-ring (bicyclic) bond motifs is 2. The molecule has 3 rings (SSSR count). The molecular formula is C16H18Cl2OS. The lowest BCUT2D eigenvalue weighted by Crippen LogP contribution is -2.34. The largest absolute Gasteiger partial charge is 0.299 e. The molecule has 2 heterocycles. The summed E-state index contributed by atoms with van der Waals surface area (Å²) in [7, 11) is 0. The lowest BCUT2D eigenvalue weighted by molar-refractivity contribution is -0.123. The third-order valence-electron chi connectivity index (χ3n) is 4.58. The molecule has 0 spiro atoms. The molecular weight excluding hydrogens is 311 g/mol. The summed E-state index contributed by atoms with van der Waals surface area (Å²) < 4.78 is 0. The SMILES string of the molecule is CCC(=O)[C@@H]1[C@@H]2CCC(C[C@H]1c1ccc(Cl)c(Cl)c1)S2. The van der Waals surface area contributed by atoms with Gasteiger partial charge >= 0.3 is 0 Å². The fourth-order valence-electron chi connectivity index (χ4n) is 3.61. The topological polar surface area (TPSA) is 17.1 Å². The maximum atomic E-state index is 12.4. The van der Waals surface area contributed by atoms with Gasteiger partial charge in [0.2, 0.25) is 0 Å². The van der Waals surface area contributed by atoms with E-state index in [0.29, 0.717) is 38.7 Å². The average Bonchev–Trinajstić information content (AvgIpc) is 2.82. The highest BCUT2D eigenvalue weighted by Crippen LogP contribution is 2.53. The van der Waals surface area contributed by atoms with Crippen molar-refractivity contribution in [2.24, 2.45) is 5.92 Å². The van der Waals surface area contributed by atoms with Gasteiger partial charge in [0.1, 0.15) is 5.78 Å². The van der Waals surface area contributed by atoms with Gasteiger partial charge in [-0.2, -0.15) is 11.8 Å². The Balaban J connectivity index is 1.96. The van der Waals surface area contributed by atoms with Crippen LogP contribution in [0.4, 0.5) is 0 Å². The Hall–Kier alpha value is -0.180. The number of thioether (sulfide) groups is 1. The minimum atomic E-state index is 0.154. The zero-order chi connectivity index (χ0) is 14.3. The van der Waals surface area contributed by atoms with Crippen LogP contribution in [0.5, 0.6) is 0 Å². The average molecular weight is 329 g/mol. The smallest absolute Gasteiger partial charge is 0.137 e. The van der Waals surface area contributed by atoms with Gasteiger partial charge in [-0.1, -0.05) is 36.2 Å². The van der Waals surface area contributed by atoms with Crippen LogP contribution in [0.25, 0.3) is 0 Å². The minimum Gasteiger partial charge on any atom is -0.299 e. The lowest BCUT2D eigenvalue weighted by atomic mass is 9.78. The number of rotatable bonds is 3. The number of hydrogen-bond donors (Lipinski definition) is 0. The van der Waals surface area contributed by atoms with E-state index in [4.69, 9.17) is 23.2 Å². The van der Waals surface area contributed by atoms with Crippen molar-refractivity contribution in [1.29, 1.82) is 0 Å². The Morgan fingerprint density at radius 1 is 1.30 bits per heavy atom. The fourth-order valence-corrected chi connectivity index (χ4v) is 5.79. The normalized spacial score (nSPS) is 32.4. The first kappa shape index (κ1) is 14.7. The number of hydrogen-bond acceptors (Lipinski definition) is 2. The quantitative estimate of drug-likeness (QED) is 0.744. The number of benzene rings is 1. The Bertz CT molecular complexity index is 531. The van der Waals surface area contributed by atoms with Gasteiger partial charge in [0.25, 0.3) is 0 Å².